The van der Waals surface area contributed by atoms with E-state index in [-0.39, 0.29) is 28.4 Å². The zero-order chi connectivity index (χ0) is 24.4. The Labute approximate surface area is 194 Å². The van der Waals surface area contributed by atoms with Gasteiger partial charge in [-0.05, 0) is 57.9 Å². The lowest BCUT2D eigenvalue weighted by molar-refractivity contribution is -0.665. The van der Waals surface area contributed by atoms with Gasteiger partial charge in [-0.2, -0.15) is 17.9 Å². The Hall–Kier alpha value is -2.92. The molecule has 2 aliphatic rings. The molecule has 33 heavy (non-hydrogen) atoms. The van der Waals surface area contributed by atoms with Crippen molar-refractivity contribution in [2.24, 2.45) is 4.99 Å². The summed E-state index contributed by atoms with van der Waals surface area (Å²) in [5, 5.41) is 3.05. The highest BCUT2D eigenvalue weighted by atomic mass is 32.2. The molecule has 0 aromatic heterocycles. The molecule has 1 saturated heterocycles. The molecule has 1 atom stereocenters. The topological polar surface area (TPSA) is 114 Å². The summed E-state index contributed by atoms with van der Waals surface area (Å²) in [6.07, 6.45) is 5.19. The van der Waals surface area contributed by atoms with Crippen molar-refractivity contribution in [1.82, 2.24) is 10.2 Å². The van der Waals surface area contributed by atoms with E-state index in [4.69, 9.17) is 8.92 Å². The fourth-order valence-electron chi connectivity index (χ4n) is 3.47. The molecular weight excluding hydrogens is 448 g/mol. The monoisotopic (exact) mass is 479 g/mol. The number of carbonyl (C=O) groups excluding carboxylic acids is 2. The second-order valence-electron chi connectivity index (χ2n) is 9.41. The first-order valence-corrected chi connectivity index (χ1v) is 12.5. The number of carbonyl (C=O) groups is 2. The van der Waals surface area contributed by atoms with E-state index in [0.717, 1.165) is 11.8 Å². The minimum absolute atomic E-state index is 0.0515. The normalized spacial score (nSPS) is 21.5. The maximum atomic E-state index is 13.0. The van der Waals surface area contributed by atoms with Crippen molar-refractivity contribution in [3.63, 3.8) is 0 Å². The summed E-state index contributed by atoms with van der Waals surface area (Å²) >= 11 is 0. The number of urea groups is 1. The van der Waals surface area contributed by atoms with Gasteiger partial charge in [-0.15, -0.1) is 0 Å². The second kappa shape index (κ2) is 9.14. The fraction of sp³-hybridized carbons (Fsp3) is 0.500. The Bertz CT molecular complexity index is 1070. The maximum absolute atomic E-state index is 13.0. The molecular formula is C22H31N4O6S+. The molecule has 0 spiro atoms. The van der Waals surface area contributed by atoms with Crippen molar-refractivity contribution in [2.75, 3.05) is 26.4 Å². The van der Waals surface area contributed by atoms with E-state index in [2.05, 4.69) is 10.3 Å². The molecule has 0 radical (unpaired) electrons. The van der Waals surface area contributed by atoms with Crippen LogP contribution in [0.1, 0.15) is 39.2 Å². The van der Waals surface area contributed by atoms with Crippen LogP contribution >= 0.6 is 0 Å². The zero-order valence-electron chi connectivity index (χ0n) is 19.6. The first kappa shape index (κ1) is 24.7. The van der Waals surface area contributed by atoms with Crippen LogP contribution in [0.4, 0.5) is 9.59 Å². The van der Waals surface area contributed by atoms with E-state index in [1.54, 1.807) is 36.6 Å². The summed E-state index contributed by atoms with van der Waals surface area (Å²) in [7, 11) is -1.87. The Balaban J connectivity index is 1.57. The van der Waals surface area contributed by atoms with Crippen LogP contribution in [0.2, 0.25) is 0 Å². The first-order valence-electron chi connectivity index (χ1n) is 10.7. The van der Waals surface area contributed by atoms with E-state index >= 15 is 0 Å². The molecule has 3 rings (SSSR count). The first-order chi connectivity index (χ1) is 15.2. The van der Waals surface area contributed by atoms with E-state index < -0.39 is 15.7 Å². The van der Waals surface area contributed by atoms with Crippen LogP contribution in [-0.4, -0.2) is 74.3 Å². The van der Waals surface area contributed by atoms with Crippen LogP contribution in [0.3, 0.4) is 0 Å². The highest BCUT2D eigenvalue weighted by Gasteiger charge is 2.36. The third kappa shape index (κ3) is 6.78. The summed E-state index contributed by atoms with van der Waals surface area (Å²) in [5.41, 5.74) is 0.784. The lowest BCUT2D eigenvalue weighted by atomic mass is 10.1. The van der Waals surface area contributed by atoms with E-state index in [9.17, 15) is 18.0 Å². The van der Waals surface area contributed by atoms with Gasteiger partial charge in [0.1, 0.15) is 23.2 Å². The number of benzene rings is 1. The third-order valence-corrected chi connectivity index (χ3v) is 5.63. The van der Waals surface area contributed by atoms with Crippen LogP contribution in [-0.2, 0) is 14.9 Å². The maximum Gasteiger partial charge on any atom is 0.427 e. The van der Waals surface area contributed by atoms with E-state index in [0.29, 0.717) is 31.6 Å². The van der Waals surface area contributed by atoms with Gasteiger partial charge in [-0.1, -0.05) is 0 Å². The number of quaternary nitrogens is 1. The average molecular weight is 480 g/mol. The van der Waals surface area contributed by atoms with Crippen LogP contribution in [0.5, 0.6) is 5.75 Å². The number of hydrogen-bond acceptors (Lipinski definition) is 7. The second-order valence-corrected chi connectivity index (χ2v) is 11.0. The van der Waals surface area contributed by atoms with Crippen molar-refractivity contribution in [2.45, 2.75) is 45.3 Å². The third-order valence-electron chi connectivity index (χ3n) is 5.14. The van der Waals surface area contributed by atoms with Crippen molar-refractivity contribution < 1.29 is 31.4 Å². The molecule has 180 valence electrons. The van der Waals surface area contributed by atoms with Crippen LogP contribution in [0.15, 0.2) is 35.5 Å². The number of likely N-dealkylation sites (tertiary alicyclic amines) is 1. The SMILES string of the molecule is CC(C)(C)OC(=O)N1CCC(NC(=O)[N+]2(C)C=NC(c3ccc(OS(C)(=O)=O)cc3)=C2)CC1. The number of piperidine rings is 1. The van der Waals surface area contributed by atoms with Gasteiger partial charge in [0.05, 0.1) is 13.3 Å². The molecule has 1 N–H and O–H groups in total. The van der Waals surface area contributed by atoms with Gasteiger partial charge in [0.15, 0.2) is 0 Å². The number of nitrogens with one attached hydrogen (secondary N) is 1. The zero-order valence-corrected chi connectivity index (χ0v) is 20.4. The molecule has 2 aliphatic heterocycles. The summed E-state index contributed by atoms with van der Waals surface area (Å²) in [6.45, 7) is 6.53. The van der Waals surface area contributed by atoms with Gasteiger partial charge >= 0.3 is 22.2 Å². The summed E-state index contributed by atoms with van der Waals surface area (Å²) in [4.78, 5) is 31.2. The van der Waals surface area contributed by atoms with Crippen molar-refractivity contribution in [3.05, 3.63) is 36.0 Å². The molecule has 0 saturated carbocycles. The van der Waals surface area contributed by atoms with Gasteiger partial charge < -0.3 is 19.1 Å². The number of ether oxygens (including phenoxy) is 1. The van der Waals surface area contributed by atoms with Gasteiger partial charge in [0, 0.05) is 24.7 Å². The predicted octanol–water partition coefficient (Wildman–Crippen LogP) is 2.92. The summed E-state index contributed by atoms with van der Waals surface area (Å²) < 4.78 is 32.6. The lowest BCUT2D eigenvalue weighted by Gasteiger charge is -2.34. The minimum atomic E-state index is -3.60. The van der Waals surface area contributed by atoms with E-state index in [1.165, 1.54) is 12.1 Å². The minimum Gasteiger partial charge on any atom is -0.444 e. The molecule has 1 aromatic rings. The fourth-order valence-corrected chi connectivity index (χ4v) is 3.93. The molecule has 11 heteroatoms. The van der Waals surface area contributed by atoms with Gasteiger partial charge in [-0.25, -0.2) is 9.59 Å². The predicted molar refractivity (Wildman–Crippen MR) is 124 cm³/mol. The Morgan fingerprint density at radius 2 is 1.76 bits per heavy atom. The molecule has 0 aliphatic carbocycles. The Morgan fingerprint density at radius 1 is 1.15 bits per heavy atom. The molecule has 1 unspecified atom stereocenters. The number of nitrogens with zero attached hydrogens (tertiary/aromatic N) is 3. The number of rotatable bonds is 4. The highest BCUT2D eigenvalue weighted by molar-refractivity contribution is 7.86. The van der Waals surface area contributed by atoms with Crippen LogP contribution in [0.25, 0.3) is 5.70 Å². The molecule has 3 amide bonds. The summed E-state index contributed by atoms with van der Waals surface area (Å²) in [5.74, 6) is 0.205. The molecule has 1 aromatic carbocycles. The van der Waals surface area contributed by atoms with Gasteiger partial charge in [0.25, 0.3) is 0 Å². The van der Waals surface area contributed by atoms with Gasteiger partial charge in [-0.3, -0.25) is 0 Å². The Morgan fingerprint density at radius 3 is 2.30 bits per heavy atom. The van der Waals surface area contributed by atoms with Crippen LogP contribution in [0, 0.1) is 0 Å². The van der Waals surface area contributed by atoms with Crippen molar-refractivity contribution in [3.8, 4) is 5.75 Å². The number of hydrogen-bond donors (Lipinski definition) is 1. The Kier molecular flexibility index (Phi) is 6.85. The van der Waals surface area contributed by atoms with Gasteiger partial charge in [0.2, 0.25) is 6.34 Å². The van der Waals surface area contributed by atoms with E-state index in [1.807, 2.05) is 20.8 Å². The molecule has 0 bridgehead atoms. The number of amides is 3. The summed E-state index contributed by atoms with van der Waals surface area (Å²) in [6, 6.07) is 6.17. The molecule has 1 fully saturated rings. The number of aliphatic imine (C=N–C) groups is 1. The quantitative estimate of drug-likeness (QED) is 0.525. The highest BCUT2D eigenvalue weighted by Crippen LogP contribution is 2.26. The molecule has 2 heterocycles. The molecule has 10 nitrogen and oxygen atoms in total. The smallest absolute Gasteiger partial charge is 0.427 e. The largest absolute Gasteiger partial charge is 0.444 e. The lowest BCUT2D eigenvalue weighted by Crippen LogP contribution is -2.54. The van der Waals surface area contributed by atoms with Crippen molar-refractivity contribution >= 4 is 34.3 Å². The standard InChI is InChI=1S/C22H30N4O6S/c1-22(2,3)31-21(28)25-12-10-17(11-13-25)24-20(27)26(4)14-19(23-15-26)16-6-8-18(9-7-16)32-33(5,29)30/h6-9,14-15,17H,10-13H2,1-5H3/p+1. The van der Waals surface area contributed by atoms with Crippen molar-refractivity contribution in [1.29, 1.82) is 0 Å². The average Bonchev–Trinajstić information content (AvgIpc) is 3.10. The van der Waals surface area contributed by atoms with Crippen LogP contribution < -0.4 is 9.50 Å².